The van der Waals surface area contributed by atoms with Crippen molar-refractivity contribution in [1.82, 2.24) is 14.8 Å². The Morgan fingerprint density at radius 1 is 1.09 bits per heavy atom. The Morgan fingerprint density at radius 3 is 2.53 bits per heavy atom. The SMILES string of the molecule is CCN(C)C(=O)c1coc(CN(Cc2cccc(C(F)(F)F)c2)Cc2ccccc2Cl)n1. The van der Waals surface area contributed by atoms with Crippen molar-refractivity contribution in [3.63, 3.8) is 0 Å². The van der Waals surface area contributed by atoms with E-state index >= 15 is 0 Å². The van der Waals surface area contributed by atoms with Crippen LogP contribution >= 0.6 is 11.6 Å². The molecule has 0 N–H and O–H groups in total. The van der Waals surface area contributed by atoms with E-state index in [-0.39, 0.29) is 30.6 Å². The number of rotatable bonds is 8. The van der Waals surface area contributed by atoms with Crippen LogP contribution in [-0.4, -0.2) is 34.3 Å². The molecule has 0 unspecified atom stereocenters. The Kier molecular flexibility index (Phi) is 7.58. The maximum Gasteiger partial charge on any atom is 0.416 e. The second kappa shape index (κ2) is 10.2. The van der Waals surface area contributed by atoms with Crippen LogP contribution in [0, 0.1) is 0 Å². The molecule has 0 saturated heterocycles. The average Bonchev–Trinajstić information content (AvgIpc) is 3.22. The predicted octanol–water partition coefficient (Wildman–Crippen LogP) is 5.64. The standard InChI is InChI=1S/C23H23ClF3N3O2/c1-3-29(2)22(31)20-15-32-21(28-20)14-30(13-17-8-4-5-10-19(17)24)12-16-7-6-9-18(11-16)23(25,26)27/h4-11,15H,3,12-14H2,1-2H3. The topological polar surface area (TPSA) is 49.6 Å². The molecule has 3 aromatic rings. The third kappa shape index (κ3) is 6.11. The molecule has 1 amide bonds. The molecular formula is C23H23ClF3N3O2. The summed E-state index contributed by atoms with van der Waals surface area (Å²) in [6.45, 7) is 3.12. The van der Waals surface area contributed by atoms with Crippen LogP contribution in [0.1, 0.15) is 40.0 Å². The number of carbonyl (C=O) groups excluding carboxylic acids is 1. The van der Waals surface area contributed by atoms with Gasteiger partial charge in [0.2, 0.25) is 5.89 Å². The molecule has 2 aromatic carbocycles. The number of hydrogen-bond donors (Lipinski definition) is 0. The summed E-state index contributed by atoms with van der Waals surface area (Å²) in [7, 11) is 1.66. The highest BCUT2D eigenvalue weighted by atomic mass is 35.5. The summed E-state index contributed by atoms with van der Waals surface area (Å²) in [5.74, 6) is 0.0231. The molecule has 32 heavy (non-hydrogen) atoms. The molecule has 0 saturated carbocycles. The van der Waals surface area contributed by atoms with Crippen molar-refractivity contribution in [3.05, 3.63) is 88.1 Å². The third-order valence-electron chi connectivity index (χ3n) is 4.96. The second-order valence-electron chi connectivity index (χ2n) is 7.38. The molecule has 0 radical (unpaired) electrons. The Labute approximate surface area is 189 Å². The fourth-order valence-corrected chi connectivity index (χ4v) is 3.35. The lowest BCUT2D eigenvalue weighted by Crippen LogP contribution is -2.26. The number of oxazole rings is 1. The molecule has 0 aliphatic heterocycles. The van der Waals surface area contributed by atoms with E-state index in [2.05, 4.69) is 4.98 Å². The first kappa shape index (κ1) is 23.8. The molecule has 1 aromatic heterocycles. The summed E-state index contributed by atoms with van der Waals surface area (Å²) >= 11 is 6.29. The maximum absolute atomic E-state index is 13.1. The van der Waals surface area contributed by atoms with Gasteiger partial charge in [-0.25, -0.2) is 4.98 Å². The van der Waals surface area contributed by atoms with Crippen molar-refractivity contribution in [1.29, 1.82) is 0 Å². The van der Waals surface area contributed by atoms with Gasteiger partial charge in [-0.15, -0.1) is 0 Å². The van der Waals surface area contributed by atoms with Gasteiger partial charge in [0.05, 0.1) is 12.1 Å². The lowest BCUT2D eigenvalue weighted by molar-refractivity contribution is -0.137. The maximum atomic E-state index is 13.1. The molecule has 0 fully saturated rings. The van der Waals surface area contributed by atoms with Gasteiger partial charge in [-0.3, -0.25) is 9.69 Å². The third-order valence-corrected chi connectivity index (χ3v) is 5.33. The minimum atomic E-state index is -4.42. The largest absolute Gasteiger partial charge is 0.447 e. The normalized spacial score (nSPS) is 11.7. The number of benzene rings is 2. The zero-order valence-electron chi connectivity index (χ0n) is 17.7. The Morgan fingerprint density at radius 2 is 1.84 bits per heavy atom. The smallest absolute Gasteiger partial charge is 0.416 e. The van der Waals surface area contributed by atoms with E-state index in [0.29, 0.717) is 23.7 Å². The van der Waals surface area contributed by atoms with Crippen molar-refractivity contribution in [3.8, 4) is 0 Å². The van der Waals surface area contributed by atoms with Gasteiger partial charge in [-0.2, -0.15) is 13.2 Å². The number of hydrogen-bond acceptors (Lipinski definition) is 4. The van der Waals surface area contributed by atoms with E-state index in [9.17, 15) is 18.0 Å². The number of alkyl halides is 3. The monoisotopic (exact) mass is 465 g/mol. The molecule has 1 heterocycles. The summed E-state index contributed by atoms with van der Waals surface area (Å²) in [4.78, 5) is 19.9. The fraction of sp³-hybridized carbons (Fsp3) is 0.304. The molecule has 0 spiro atoms. The number of halogens is 4. The summed E-state index contributed by atoms with van der Waals surface area (Å²) in [6, 6.07) is 12.4. The zero-order valence-corrected chi connectivity index (χ0v) is 18.5. The van der Waals surface area contributed by atoms with Crippen LogP contribution in [-0.2, 0) is 25.8 Å². The van der Waals surface area contributed by atoms with Crippen LogP contribution in [0.4, 0.5) is 13.2 Å². The van der Waals surface area contributed by atoms with Crippen LogP contribution in [0.15, 0.2) is 59.2 Å². The molecular weight excluding hydrogens is 443 g/mol. The highest BCUT2D eigenvalue weighted by Crippen LogP contribution is 2.30. The first-order valence-electron chi connectivity index (χ1n) is 9.99. The minimum absolute atomic E-state index is 0.182. The molecule has 5 nitrogen and oxygen atoms in total. The minimum Gasteiger partial charge on any atom is -0.447 e. The van der Waals surface area contributed by atoms with Gasteiger partial charge >= 0.3 is 6.18 Å². The molecule has 0 bridgehead atoms. The number of aromatic nitrogens is 1. The molecule has 170 valence electrons. The predicted molar refractivity (Wildman–Crippen MR) is 115 cm³/mol. The highest BCUT2D eigenvalue weighted by molar-refractivity contribution is 6.31. The van der Waals surface area contributed by atoms with Crippen LogP contribution < -0.4 is 0 Å². The summed E-state index contributed by atoms with van der Waals surface area (Å²) < 4.78 is 44.9. The van der Waals surface area contributed by atoms with E-state index < -0.39 is 11.7 Å². The fourth-order valence-electron chi connectivity index (χ4n) is 3.15. The number of amides is 1. The van der Waals surface area contributed by atoms with Crippen LogP contribution in [0.5, 0.6) is 0 Å². The van der Waals surface area contributed by atoms with E-state index in [1.807, 2.05) is 24.0 Å². The van der Waals surface area contributed by atoms with Gasteiger partial charge in [0, 0.05) is 31.7 Å². The van der Waals surface area contributed by atoms with Crippen molar-refractivity contribution in [2.24, 2.45) is 0 Å². The van der Waals surface area contributed by atoms with Crippen LogP contribution in [0.3, 0.4) is 0 Å². The molecule has 0 aliphatic carbocycles. The second-order valence-corrected chi connectivity index (χ2v) is 7.79. The van der Waals surface area contributed by atoms with Crippen LogP contribution in [0.25, 0.3) is 0 Å². The van der Waals surface area contributed by atoms with Crippen molar-refractivity contribution < 1.29 is 22.4 Å². The van der Waals surface area contributed by atoms with Crippen LogP contribution in [0.2, 0.25) is 5.02 Å². The Balaban J connectivity index is 1.84. The van der Waals surface area contributed by atoms with Gasteiger partial charge in [-0.1, -0.05) is 48.0 Å². The van der Waals surface area contributed by atoms with E-state index in [1.54, 1.807) is 25.2 Å². The quantitative estimate of drug-likeness (QED) is 0.432. The average molecular weight is 466 g/mol. The van der Waals surface area contributed by atoms with Gasteiger partial charge < -0.3 is 9.32 Å². The number of carbonyl (C=O) groups is 1. The number of nitrogens with zero attached hydrogens (tertiary/aromatic N) is 3. The Hall–Kier alpha value is -2.84. The van der Waals surface area contributed by atoms with Gasteiger partial charge in [0.25, 0.3) is 5.91 Å². The molecule has 3 rings (SSSR count). The molecule has 0 atom stereocenters. The zero-order chi connectivity index (χ0) is 23.3. The summed E-state index contributed by atoms with van der Waals surface area (Å²) in [5.41, 5.74) is 0.774. The van der Waals surface area contributed by atoms with Crippen molar-refractivity contribution in [2.45, 2.75) is 32.7 Å². The summed E-state index contributed by atoms with van der Waals surface area (Å²) in [5, 5.41) is 0.550. The lowest BCUT2D eigenvalue weighted by Gasteiger charge is -2.22. The van der Waals surface area contributed by atoms with Gasteiger partial charge in [-0.05, 0) is 30.2 Å². The first-order valence-corrected chi connectivity index (χ1v) is 10.4. The van der Waals surface area contributed by atoms with Gasteiger partial charge in [0.15, 0.2) is 5.69 Å². The Bertz CT molecular complexity index is 1070. The lowest BCUT2D eigenvalue weighted by atomic mass is 10.1. The van der Waals surface area contributed by atoms with Crippen molar-refractivity contribution in [2.75, 3.05) is 13.6 Å². The first-order chi connectivity index (χ1) is 15.2. The molecule has 9 heteroatoms. The highest BCUT2D eigenvalue weighted by Gasteiger charge is 2.30. The van der Waals surface area contributed by atoms with E-state index in [4.69, 9.17) is 16.0 Å². The van der Waals surface area contributed by atoms with E-state index in [0.717, 1.165) is 17.7 Å². The van der Waals surface area contributed by atoms with Crippen molar-refractivity contribution >= 4 is 17.5 Å². The molecule has 0 aliphatic rings. The van der Waals surface area contributed by atoms with E-state index in [1.165, 1.54) is 17.2 Å². The van der Waals surface area contributed by atoms with Gasteiger partial charge in [0.1, 0.15) is 6.26 Å². The summed E-state index contributed by atoms with van der Waals surface area (Å²) in [6.07, 6.45) is -3.13.